The highest BCUT2D eigenvalue weighted by Crippen LogP contribution is 2.05. The first-order valence-electron chi connectivity index (χ1n) is 8.27. The van der Waals surface area contributed by atoms with E-state index in [0.717, 1.165) is 38.4 Å². The van der Waals surface area contributed by atoms with Crippen LogP contribution in [-0.4, -0.2) is 17.3 Å². The third-order valence-corrected chi connectivity index (χ3v) is 3.31. The van der Waals surface area contributed by atoms with Crippen molar-refractivity contribution < 1.29 is 9.72 Å². The molecule has 0 bridgehead atoms. The van der Waals surface area contributed by atoms with Gasteiger partial charge in [0.25, 0.3) is 0 Å². The molecule has 0 heterocycles. The topological polar surface area (TPSA) is 60.2 Å². The Bertz CT molecular complexity index is 373. The Morgan fingerprint density at radius 1 is 0.955 bits per heavy atom. The van der Waals surface area contributed by atoms with Crippen LogP contribution < -0.4 is 0 Å². The summed E-state index contributed by atoms with van der Waals surface area (Å²) < 4.78 is 0. The summed E-state index contributed by atoms with van der Waals surface area (Å²) in [5.74, 6) is 0. The van der Waals surface area contributed by atoms with Crippen molar-refractivity contribution in [2.24, 2.45) is 0 Å². The van der Waals surface area contributed by atoms with Gasteiger partial charge in [0.05, 0.1) is 0 Å². The standard InChI is InChI=1S/C18H29NO3/c1-2-3-4-5-9-12-15-18(19(21)22)16-13-10-7-6-8-11-14-17-20/h7,9-10,12-13,16-18H,2-6,8,11,14-15H2,1H3/b10-7+,12-9+,16-13+. The zero-order chi connectivity index (χ0) is 16.5. The van der Waals surface area contributed by atoms with Crippen molar-refractivity contribution >= 4 is 6.29 Å². The van der Waals surface area contributed by atoms with Gasteiger partial charge in [-0.25, -0.2) is 0 Å². The first kappa shape index (κ1) is 20.3. The minimum absolute atomic E-state index is 0.245. The Morgan fingerprint density at radius 3 is 2.32 bits per heavy atom. The summed E-state index contributed by atoms with van der Waals surface area (Å²) in [4.78, 5) is 20.9. The van der Waals surface area contributed by atoms with Gasteiger partial charge in [-0.1, -0.05) is 50.1 Å². The summed E-state index contributed by atoms with van der Waals surface area (Å²) in [5, 5.41) is 11.0. The van der Waals surface area contributed by atoms with Crippen LogP contribution in [-0.2, 0) is 4.79 Å². The molecule has 0 aromatic carbocycles. The summed E-state index contributed by atoms with van der Waals surface area (Å²) in [7, 11) is 0. The molecule has 0 saturated carbocycles. The number of carbonyl (C=O) groups excluding carboxylic acids is 1. The smallest absolute Gasteiger partial charge is 0.234 e. The van der Waals surface area contributed by atoms with Gasteiger partial charge in [0.2, 0.25) is 6.04 Å². The Kier molecular flexibility index (Phi) is 14.5. The first-order valence-corrected chi connectivity index (χ1v) is 8.27. The molecule has 0 N–H and O–H groups in total. The molecule has 4 heteroatoms. The number of nitro groups is 1. The molecule has 22 heavy (non-hydrogen) atoms. The van der Waals surface area contributed by atoms with Crippen molar-refractivity contribution in [3.05, 3.63) is 46.6 Å². The molecule has 124 valence electrons. The molecule has 0 fully saturated rings. The van der Waals surface area contributed by atoms with E-state index in [1.165, 1.54) is 12.8 Å². The lowest BCUT2D eigenvalue weighted by Crippen LogP contribution is -2.15. The molecule has 0 rings (SSSR count). The van der Waals surface area contributed by atoms with Crippen LogP contribution in [0, 0.1) is 10.1 Å². The molecular weight excluding hydrogens is 278 g/mol. The monoisotopic (exact) mass is 307 g/mol. The fraction of sp³-hybridized carbons (Fsp3) is 0.611. The highest BCUT2D eigenvalue weighted by Gasteiger charge is 2.12. The van der Waals surface area contributed by atoms with Crippen LogP contribution in [0.3, 0.4) is 0 Å². The zero-order valence-corrected chi connectivity index (χ0v) is 13.7. The summed E-state index contributed by atoms with van der Waals surface area (Å²) in [5.41, 5.74) is 0. The lowest BCUT2D eigenvalue weighted by Gasteiger charge is -2.00. The van der Waals surface area contributed by atoms with Gasteiger partial charge in [-0.2, -0.15) is 0 Å². The quantitative estimate of drug-likeness (QED) is 0.113. The number of hydrogen-bond acceptors (Lipinski definition) is 3. The van der Waals surface area contributed by atoms with E-state index in [0.29, 0.717) is 12.8 Å². The maximum atomic E-state index is 11.0. The van der Waals surface area contributed by atoms with Gasteiger partial charge in [-0.3, -0.25) is 10.1 Å². The second-order valence-electron chi connectivity index (χ2n) is 5.32. The van der Waals surface area contributed by atoms with E-state index in [9.17, 15) is 14.9 Å². The van der Waals surface area contributed by atoms with Gasteiger partial charge in [-0.05, 0) is 38.2 Å². The molecule has 4 nitrogen and oxygen atoms in total. The number of nitrogens with zero attached hydrogens (tertiary/aromatic N) is 1. The highest BCUT2D eigenvalue weighted by molar-refractivity contribution is 5.48. The third-order valence-electron chi connectivity index (χ3n) is 3.31. The van der Waals surface area contributed by atoms with E-state index >= 15 is 0 Å². The number of allylic oxidation sites excluding steroid dienone is 4. The molecule has 0 aliphatic heterocycles. The molecule has 0 aromatic heterocycles. The molecule has 0 spiro atoms. The first-order chi connectivity index (χ1) is 10.7. The predicted octanol–water partition coefficient (Wildman–Crippen LogP) is 5.03. The Balaban J connectivity index is 3.97. The van der Waals surface area contributed by atoms with Crippen molar-refractivity contribution in [3.8, 4) is 0 Å². The molecular formula is C18H29NO3. The van der Waals surface area contributed by atoms with Crippen LogP contribution in [0.4, 0.5) is 0 Å². The number of hydrogen-bond donors (Lipinski definition) is 0. The normalized spacial score (nSPS) is 13.3. The van der Waals surface area contributed by atoms with E-state index in [1.54, 1.807) is 12.2 Å². The van der Waals surface area contributed by atoms with Crippen LogP contribution in [0.2, 0.25) is 0 Å². The van der Waals surface area contributed by atoms with Crippen LogP contribution >= 0.6 is 0 Å². The Morgan fingerprint density at radius 2 is 1.64 bits per heavy atom. The molecule has 0 saturated heterocycles. The third kappa shape index (κ3) is 13.3. The maximum absolute atomic E-state index is 11.0. The lowest BCUT2D eigenvalue weighted by atomic mass is 10.1. The van der Waals surface area contributed by atoms with Crippen LogP contribution in [0.15, 0.2) is 36.5 Å². The van der Waals surface area contributed by atoms with Crippen LogP contribution in [0.1, 0.15) is 64.7 Å². The molecule has 0 aliphatic rings. The van der Waals surface area contributed by atoms with Gasteiger partial charge < -0.3 is 4.79 Å². The lowest BCUT2D eigenvalue weighted by molar-refractivity contribution is -0.508. The Labute approximate surface area is 134 Å². The molecule has 0 radical (unpaired) electrons. The highest BCUT2D eigenvalue weighted by atomic mass is 16.6. The van der Waals surface area contributed by atoms with Gasteiger partial charge in [0, 0.05) is 17.8 Å². The number of carbonyl (C=O) groups is 1. The minimum atomic E-state index is -0.651. The predicted molar refractivity (Wildman–Crippen MR) is 91.5 cm³/mol. The van der Waals surface area contributed by atoms with E-state index in [4.69, 9.17) is 0 Å². The minimum Gasteiger partial charge on any atom is -0.303 e. The Hall–Kier alpha value is -1.71. The van der Waals surface area contributed by atoms with Crippen molar-refractivity contribution in [1.29, 1.82) is 0 Å². The van der Waals surface area contributed by atoms with Crippen LogP contribution in [0.5, 0.6) is 0 Å². The fourth-order valence-electron chi connectivity index (χ4n) is 1.96. The number of unbranched alkanes of at least 4 members (excludes halogenated alkanes) is 6. The van der Waals surface area contributed by atoms with Crippen molar-refractivity contribution in [1.82, 2.24) is 0 Å². The summed E-state index contributed by atoms with van der Waals surface area (Å²) >= 11 is 0. The summed E-state index contributed by atoms with van der Waals surface area (Å²) in [6.45, 7) is 2.16. The van der Waals surface area contributed by atoms with Gasteiger partial charge in [-0.15, -0.1) is 0 Å². The second-order valence-corrected chi connectivity index (χ2v) is 5.32. The summed E-state index contributed by atoms with van der Waals surface area (Å²) in [6.07, 6.45) is 20.5. The SMILES string of the molecule is CCCCC/C=C/CC(/C=C/C=C/CCCCC=O)[N+](=O)[O-]. The largest absolute Gasteiger partial charge is 0.303 e. The molecule has 1 unspecified atom stereocenters. The molecule has 0 amide bonds. The van der Waals surface area contributed by atoms with E-state index in [1.807, 2.05) is 24.3 Å². The summed E-state index contributed by atoms with van der Waals surface area (Å²) in [6, 6.07) is -0.651. The number of aldehydes is 1. The van der Waals surface area contributed by atoms with E-state index in [-0.39, 0.29) is 4.92 Å². The zero-order valence-electron chi connectivity index (χ0n) is 13.7. The van der Waals surface area contributed by atoms with Crippen molar-refractivity contribution in [3.63, 3.8) is 0 Å². The van der Waals surface area contributed by atoms with Crippen molar-refractivity contribution in [2.75, 3.05) is 0 Å². The molecule has 0 aliphatic carbocycles. The average molecular weight is 307 g/mol. The molecule has 1 atom stereocenters. The van der Waals surface area contributed by atoms with Gasteiger partial charge >= 0.3 is 0 Å². The fourth-order valence-corrected chi connectivity index (χ4v) is 1.96. The van der Waals surface area contributed by atoms with Gasteiger partial charge in [0.1, 0.15) is 6.29 Å². The maximum Gasteiger partial charge on any atom is 0.234 e. The number of rotatable bonds is 14. The molecule has 0 aromatic rings. The van der Waals surface area contributed by atoms with E-state index in [2.05, 4.69) is 6.92 Å². The van der Waals surface area contributed by atoms with Gasteiger partial charge in [0.15, 0.2) is 0 Å². The van der Waals surface area contributed by atoms with Crippen molar-refractivity contribution in [2.45, 2.75) is 70.8 Å². The average Bonchev–Trinajstić information content (AvgIpc) is 2.50. The van der Waals surface area contributed by atoms with Crippen LogP contribution in [0.25, 0.3) is 0 Å². The second kappa shape index (κ2) is 15.7. The van der Waals surface area contributed by atoms with E-state index < -0.39 is 6.04 Å².